The van der Waals surface area contributed by atoms with E-state index in [9.17, 15) is 23.6 Å². The van der Waals surface area contributed by atoms with E-state index < -0.39 is 21.1 Å². The first-order valence-corrected chi connectivity index (χ1v) is 11.9. The zero-order valence-corrected chi connectivity index (χ0v) is 18.6. The van der Waals surface area contributed by atoms with Crippen LogP contribution in [0.25, 0.3) is 0 Å². The molecule has 2 aromatic rings. The third-order valence-electron chi connectivity index (χ3n) is 5.81. The summed E-state index contributed by atoms with van der Waals surface area (Å²) >= 11 is 0. The Hall–Kier alpha value is -2.33. The molecule has 168 valence electrons. The van der Waals surface area contributed by atoms with Gasteiger partial charge in [-0.15, -0.1) is 0 Å². The molecule has 0 bridgehead atoms. The first-order valence-electron chi connectivity index (χ1n) is 10.4. The van der Waals surface area contributed by atoms with Gasteiger partial charge in [0.05, 0.1) is 15.9 Å². The summed E-state index contributed by atoms with van der Waals surface area (Å²) in [6.07, 6.45) is 1.13. The monoisotopic (exact) mass is 447 g/mol. The van der Waals surface area contributed by atoms with Crippen molar-refractivity contribution >= 4 is 15.7 Å². The third kappa shape index (κ3) is 5.88. The predicted octanol–water partition coefficient (Wildman–Crippen LogP) is 2.94. The van der Waals surface area contributed by atoms with Gasteiger partial charge in [-0.05, 0) is 62.4 Å². The summed E-state index contributed by atoms with van der Waals surface area (Å²) in [6, 6.07) is 12.1. The van der Waals surface area contributed by atoms with Gasteiger partial charge in [0.15, 0.2) is 0 Å². The minimum Gasteiger partial charge on any atom is -0.387 e. The average molecular weight is 448 g/mol. The van der Waals surface area contributed by atoms with Gasteiger partial charge >= 0.3 is 0 Å². The van der Waals surface area contributed by atoms with Crippen LogP contribution in [0, 0.1) is 29.9 Å². The normalized spacial score (nSPS) is 16.9. The molecule has 1 aliphatic rings. The number of nitrogens with zero attached hydrogens (tertiary/aromatic N) is 2. The van der Waals surface area contributed by atoms with E-state index in [-0.39, 0.29) is 16.5 Å². The molecule has 0 unspecified atom stereocenters. The molecule has 3 rings (SSSR count). The molecule has 2 N–H and O–H groups in total. The topological polar surface area (TPSA) is 113 Å². The summed E-state index contributed by atoms with van der Waals surface area (Å²) in [6.45, 7) is 5.63. The third-order valence-corrected chi connectivity index (χ3v) is 7.54. The van der Waals surface area contributed by atoms with Gasteiger partial charge in [-0.2, -0.15) is 0 Å². The zero-order valence-electron chi connectivity index (χ0n) is 17.8. The van der Waals surface area contributed by atoms with Crippen molar-refractivity contribution in [2.75, 3.05) is 26.2 Å². The second-order valence-electron chi connectivity index (χ2n) is 8.19. The van der Waals surface area contributed by atoms with Crippen LogP contribution >= 0.6 is 0 Å². The number of piperidine rings is 1. The summed E-state index contributed by atoms with van der Waals surface area (Å²) in [5, 5.41) is 21.4. The van der Waals surface area contributed by atoms with Crippen LogP contribution in [0.3, 0.4) is 0 Å². The Kier molecular flexibility index (Phi) is 7.42. The van der Waals surface area contributed by atoms with E-state index >= 15 is 0 Å². The first-order chi connectivity index (χ1) is 14.7. The van der Waals surface area contributed by atoms with E-state index in [1.165, 1.54) is 12.1 Å². The van der Waals surface area contributed by atoms with Gasteiger partial charge in [0, 0.05) is 25.2 Å². The number of non-ortho nitro benzene ring substituents is 1. The number of benzene rings is 2. The molecule has 1 aliphatic heterocycles. The lowest BCUT2D eigenvalue weighted by Gasteiger charge is -2.33. The number of nitro benzene ring substituents is 1. The fourth-order valence-corrected chi connectivity index (χ4v) is 5.72. The molecule has 1 heterocycles. The number of nitro groups is 1. The van der Waals surface area contributed by atoms with Gasteiger partial charge < -0.3 is 10.0 Å². The zero-order chi connectivity index (χ0) is 22.6. The highest BCUT2D eigenvalue weighted by molar-refractivity contribution is 7.89. The van der Waals surface area contributed by atoms with Crippen LogP contribution in [-0.2, 0) is 10.0 Å². The van der Waals surface area contributed by atoms with Crippen molar-refractivity contribution in [1.82, 2.24) is 9.62 Å². The van der Waals surface area contributed by atoms with Crippen molar-refractivity contribution in [1.29, 1.82) is 0 Å². The lowest BCUT2D eigenvalue weighted by atomic mass is 9.96. The molecular weight excluding hydrogens is 418 g/mol. The molecule has 31 heavy (non-hydrogen) atoms. The van der Waals surface area contributed by atoms with Crippen LogP contribution in [0.1, 0.15) is 35.6 Å². The summed E-state index contributed by atoms with van der Waals surface area (Å²) < 4.78 is 28.4. The molecule has 0 amide bonds. The van der Waals surface area contributed by atoms with Crippen molar-refractivity contribution in [3.8, 4) is 0 Å². The van der Waals surface area contributed by atoms with Crippen molar-refractivity contribution in [2.45, 2.75) is 37.7 Å². The number of nitrogens with one attached hydrogen (secondary N) is 1. The SMILES string of the molecule is Cc1cc([N+](=O)[O-])cc(C)c1S(=O)(=O)NCC1CCN(C[C@H](O)c2ccccc2)CC1. The summed E-state index contributed by atoms with van der Waals surface area (Å²) in [4.78, 5) is 12.8. The van der Waals surface area contributed by atoms with E-state index in [0.29, 0.717) is 24.2 Å². The predicted molar refractivity (Wildman–Crippen MR) is 118 cm³/mol. The van der Waals surface area contributed by atoms with Gasteiger partial charge in [0.1, 0.15) is 0 Å². The molecule has 8 nitrogen and oxygen atoms in total. The summed E-state index contributed by atoms with van der Waals surface area (Å²) in [5.74, 6) is 0.207. The van der Waals surface area contributed by atoms with Crippen LogP contribution in [0.4, 0.5) is 5.69 Å². The van der Waals surface area contributed by atoms with Gasteiger partial charge in [0.2, 0.25) is 10.0 Å². The number of hydrogen-bond acceptors (Lipinski definition) is 6. The molecular formula is C22H29N3O5S. The highest BCUT2D eigenvalue weighted by Crippen LogP contribution is 2.26. The fraction of sp³-hybridized carbons (Fsp3) is 0.455. The highest BCUT2D eigenvalue weighted by Gasteiger charge is 2.26. The van der Waals surface area contributed by atoms with Crippen LogP contribution in [-0.4, -0.2) is 49.5 Å². The highest BCUT2D eigenvalue weighted by atomic mass is 32.2. The minimum absolute atomic E-state index is 0.112. The Bertz CT molecular complexity index is 996. The van der Waals surface area contributed by atoms with Gasteiger partial charge in [0.25, 0.3) is 5.69 Å². The molecule has 1 saturated heterocycles. The number of aliphatic hydroxyl groups excluding tert-OH is 1. The van der Waals surface area contributed by atoms with Crippen molar-refractivity contribution in [3.05, 3.63) is 69.3 Å². The number of hydrogen-bond donors (Lipinski definition) is 2. The Morgan fingerprint density at radius 3 is 2.29 bits per heavy atom. The maximum atomic E-state index is 12.8. The summed E-state index contributed by atoms with van der Waals surface area (Å²) in [5.41, 5.74) is 1.51. The Morgan fingerprint density at radius 1 is 1.16 bits per heavy atom. The number of β-amino-alcohol motifs (C(OH)–C–C–N with tert-alkyl or cyclic N) is 1. The van der Waals surface area contributed by atoms with E-state index in [0.717, 1.165) is 31.5 Å². The quantitative estimate of drug-likeness (QED) is 0.475. The molecule has 1 atom stereocenters. The van der Waals surface area contributed by atoms with Crippen molar-refractivity contribution in [2.24, 2.45) is 5.92 Å². The van der Waals surface area contributed by atoms with Crippen LogP contribution in [0.15, 0.2) is 47.4 Å². The van der Waals surface area contributed by atoms with Gasteiger partial charge in [-0.1, -0.05) is 30.3 Å². The molecule has 0 spiro atoms. The lowest BCUT2D eigenvalue weighted by molar-refractivity contribution is -0.385. The second-order valence-corrected chi connectivity index (χ2v) is 9.89. The summed E-state index contributed by atoms with van der Waals surface area (Å²) in [7, 11) is -3.76. The Labute approximate surface area is 183 Å². The first kappa shape index (κ1) is 23.3. The smallest absolute Gasteiger partial charge is 0.270 e. The van der Waals surface area contributed by atoms with E-state index in [1.807, 2.05) is 30.3 Å². The molecule has 0 saturated carbocycles. The number of likely N-dealkylation sites (tertiary alicyclic amines) is 1. The van der Waals surface area contributed by atoms with Crippen LogP contribution in [0.2, 0.25) is 0 Å². The molecule has 2 aromatic carbocycles. The fourth-order valence-electron chi connectivity index (χ4n) is 4.15. The maximum absolute atomic E-state index is 12.8. The van der Waals surface area contributed by atoms with Gasteiger partial charge in [-0.3, -0.25) is 10.1 Å². The van der Waals surface area contributed by atoms with Crippen LogP contribution in [0.5, 0.6) is 0 Å². The van der Waals surface area contributed by atoms with Gasteiger partial charge in [-0.25, -0.2) is 13.1 Å². The number of aryl methyl sites for hydroxylation is 2. The number of sulfonamides is 1. The molecule has 0 aromatic heterocycles. The molecule has 9 heteroatoms. The molecule has 1 fully saturated rings. The maximum Gasteiger partial charge on any atom is 0.270 e. The molecule has 0 radical (unpaired) electrons. The average Bonchev–Trinajstić information content (AvgIpc) is 2.73. The van der Waals surface area contributed by atoms with E-state index in [2.05, 4.69) is 9.62 Å². The van der Waals surface area contributed by atoms with E-state index in [4.69, 9.17) is 0 Å². The van der Waals surface area contributed by atoms with Crippen molar-refractivity contribution in [3.63, 3.8) is 0 Å². The van der Waals surface area contributed by atoms with Crippen LogP contribution < -0.4 is 4.72 Å². The largest absolute Gasteiger partial charge is 0.387 e. The Balaban J connectivity index is 1.54. The van der Waals surface area contributed by atoms with Crippen molar-refractivity contribution < 1.29 is 18.4 Å². The lowest BCUT2D eigenvalue weighted by Crippen LogP contribution is -2.40. The standard InChI is InChI=1S/C22H29N3O5S/c1-16-12-20(25(27)28)13-17(2)22(16)31(29,30)23-14-18-8-10-24(11-9-18)15-21(26)19-6-4-3-5-7-19/h3-7,12-13,18,21,23,26H,8-11,14-15H2,1-2H3/t21-/m0/s1. The number of aliphatic hydroxyl groups is 1. The second kappa shape index (κ2) is 9.86. The Morgan fingerprint density at radius 2 is 1.74 bits per heavy atom. The number of rotatable bonds is 8. The minimum atomic E-state index is -3.76. The molecule has 0 aliphatic carbocycles. The van der Waals surface area contributed by atoms with E-state index in [1.54, 1.807) is 13.8 Å².